The van der Waals surface area contributed by atoms with Crippen molar-refractivity contribution in [1.29, 1.82) is 0 Å². The maximum Gasteiger partial charge on any atom is 0.291 e. The van der Waals surface area contributed by atoms with Crippen LogP contribution in [-0.4, -0.2) is 38.8 Å². The van der Waals surface area contributed by atoms with Gasteiger partial charge in [-0.15, -0.1) is 0 Å². The molecule has 0 saturated carbocycles. The lowest BCUT2D eigenvalue weighted by atomic mass is 9.94. The third kappa shape index (κ3) is 4.29. The first-order valence-corrected chi connectivity index (χ1v) is 9.89. The minimum atomic E-state index is -0.0865. The zero-order chi connectivity index (χ0) is 20.4. The van der Waals surface area contributed by atoms with Crippen molar-refractivity contribution in [1.82, 2.24) is 19.9 Å². The number of rotatable bonds is 4. The van der Waals surface area contributed by atoms with E-state index < -0.39 is 0 Å². The molecule has 0 radical (unpaired) electrons. The highest BCUT2D eigenvalue weighted by atomic mass is 16.4. The maximum absolute atomic E-state index is 12.9. The molecular weight excluding hydrogens is 366 g/mol. The van der Waals surface area contributed by atoms with Crippen molar-refractivity contribution in [3.8, 4) is 0 Å². The van der Waals surface area contributed by atoms with E-state index in [1.54, 1.807) is 6.92 Å². The molecule has 4 heterocycles. The van der Waals surface area contributed by atoms with E-state index in [9.17, 15) is 4.79 Å². The van der Waals surface area contributed by atoms with Crippen LogP contribution in [0, 0.1) is 20.8 Å². The van der Waals surface area contributed by atoms with Crippen molar-refractivity contribution in [3.63, 3.8) is 0 Å². The fourth-order valence-electron chi connectivity index (χ4n) is 3.76. The molecular formula is C22H25N5O2. The first-order chi connectivity index (χ1) is 14.0. The van der Waals surface area contributed by atoms with Crippen LogP contribution >= 0.6 is 0 Å². The smallest absolute Gasteiger partial charge is 0.291 e. The molecule has 150 valence electrons. The van der Waals surface area contributed by atoms with E-state index >= 15 is 0 Å². The van der Waals surface area contributed by atoms with Gasteiger partial charge in [0, 0.05) is 37.3 Å². The first-order valence-electron chi connectivity index (χ1n) is 9.89. The number of piperidine rings is 1. The number of aryl methyl sites for hydroxylation is 3. The number of anilines is 2. The van der Waals surface area contributed by atoms with E-state index in [1.165, 1.54) is 0 Å². The molecule has 3 aromatic rings. The number of nitrogens with zero attached hydrogens (tertiary/aromatic N) is 4. The lowest BCUT2D eigenvalue weighted by Crippen LogP contribution is -2.39. The first kappa shape index (κ1) is 19.1. The van der Waals surface area contributed by atoms with E-state index in [4.69, 9.17) is 4.42 Å². The molecule has 1 amide bonds. The minimum absolute atomic E-state index is 0.0865. The van der Waals surface area contributed by atoms with Gasteiger partial charge >= 0.3 is 0 Å². The normalized spacial score (nSPS) is 16.7. The second-order valence-corrected chi connectivity index (χ2v) is 7.50. The van der Waals surface area contributed by atoms with Gasteiger partial charge in [-0.25, -0.2) is 9.97 Å². The largest absolute Gasteiger partial charge is 0.436 e. The lowest BCUT2D eigenvalue weighted by molar-refractivity contribution is 0.0671. The molecule has 7 heteroatoms. The molecule has 7 nitrogen and oxygen atoms in total. The SMILES string of the molecule is Cc1cccc(Nc2ccc([C@@H]3CCCN(C(=O)c4oc(C)nc4C)C3)nc2)n1. The lowest BCUT2D eigenvalue weighted by Gasteiger charge is -2.32. The number of oxazole rings is 1. The van der Waals surface area contributed by atoms with Gasteiger partial charge in [0.15, 0.2) is 5.89 Å². The highest BCUT2D eigenvalue weighted by Gasteiger charge is 2.29. The summed E-state index contributed by atoms with van der Waals surface area (Å²) in [4.78, 5) is 28.0. The van der Waals surface area contributed by atoms with Gasteiger partial charge in [0.1, 0.15) is 5.82 Å². The van der Waals surface area contributed by atoms with Crippen LogP contribution < -0.4 is 5.32 Å². The molecule has 1 atom stereocenters. The molecule has 0 aromatic carbocycles. The molecule has 1 saturated heterocycles. The predicted molar refractivity (Wildman–Crippen MR) is 110 cm³/mol. The molecule has 1 aliphatic heterocycles. The van der Waals surface area contributed by atoms with E-state index in [0.717, 1.165) is 42.3 Å². The van der Waals surface area contributed by atoms with Gasteiger partial charge in [-0.3, -0.25) is 9.78 Å². The summed E-state index contributed by atoms with van der Waals surface area (Å²) >= 11 is 0. The number of nitrogens with one attached hydrogen (secondary N) is 1. The molecule has 0 aliphatic carbocycles. The third-order valence-electron chi connectivity index (χ3n) is 5.17. The van der Waals surface area contributed by atoms with Crippen LogP contribution in [-0.2, 0) is 0 Å². The van der Waals surface area contributed by atoms with Gasteiger partial charge in [-0.1, -0.05) is 6.07 Å². The number of amides is 1. The van der Waals surface area contributed by atoms with Crippen molar-refractivity contribution < 1.29 is 9.21 Å². The van der Waals surface area contributed by atoms with Crippen LogP contribution in [0.5, 0.6) is 0 Å². The highest BCUT2D eigenvalue weighted by Crippen LogP contribution is 2.28. The standard InChI is InChI=1S/C22H25N5O2/c1-14-6-4-8-20(24-14)26-18-9-10-19(23-12-18)17-7-5-11-27(13-17)22(28)21-15(2)25-16(3)29-21/h4,6,8-10,12,17H,5,7,11,13H2,1-3H3,(H,24,26)/t17-/m1/s1. The summed E-state index contributed by atoms with van der Waals surface area (Å²) in [6, 6.07) is 9.90. The Labute approximate surface area is 170 Å². The Morgan fingerprint density at radius 2 is 2.03 bits per heavy atom. The van der Waals surface area contributed by atoms with Gasteiger partial charge in [-0.2, -0.15) is 0 Å². The molecule has 0 spiro atoms. The fraction of sp³-hybridized carbons (Fsp3) is 0.364. The molecule has 0 unspecified atom stereocenters. The van der Waals surface area contributed by atoms with Crippen LogP contribution in [0.2, 0.25) is 0 Å². The summed E-state index contributed by atoms with van der Waals surface area (Å²) in [7, 11) is 0. The Kier molecular flexibility index (Phi) is 5.29. The summed E-state index contributed by atoms with van der Waals surface area (Å²) in [5, 5.41) is 3.27. The molecule has 3 aromatic heterocycles. The third-order valence-corrected chi connectivity index (χ3v) is 5.17. The van der Waals surface area contributed by atoms with E-state index in [1.807, 2.05) is 55.3 Å². The number of pyridine rings is 2. The summed E-state index contributed by atoms with van der Waals surface area (Å²) in [6.45, 7) is 6.89. The number of carbonyl (C=O) groups is 1. The Morgan fingerprint density at radius 1 is 1.17 bits per heavy atom. The number of hydrogen-bond acceptors (Lipinski definition) is 6. The predicted octanol–water partition coefficient (Wildman–Crippen LogP) is 4.15. The maximum atomic E-state index is 12.9. The number of carbonyl (C=O) groups excluding carboxylic acids is 1. The van der Waals surface area contributed by atoms with Crippen molar-refractivity contribution in [2.45, 2.75) is 39.5 Å². The van der Waals surface area contributed by atoms with Gasteiger partial charge in [0.2, 0.25) is 5.76 Å². The average molecular weight is 391 g/mol. The topological polar surface area (TPSA) is 84.2 Å². The summed E-state index contributed by atoms with van der Waals surface area (Å²) < 4.78 is 5.52. The van der Waals surface area contributed by atoms with Gasteiger partial charge in [-0.05, 0) is 51.0 Å². The van der Waals surface area contributed by atoms with E-state index in [0.29, 0.717) is 23.9 Å². The zero-order valence-electron chi connectivity index (χ0n) is 17.0. The van der Waals surface area contributed by atoms with E-state index in [2.05, 4.69) is 20.3 Å². The van der Waals surface area contributed by atoms with Gasteiger partial charge in [0.25, 0.3) is 5.91 Å². The number of hydrogen-bond donors (Lipinski definition) is 1. The number of likely N-dealkylation sites (tertiary alicyclic amines) is 1. The Hall–Kier alpha value is -3.22. The van der Waals surface area contributed by atoms with E-state index in [-0.39, 0.29) is 11.8 Å². The van der Waals surface area contributed by atoms with Crippen molar-refractivity contribution in [2.24, 2.45) is 0 Å². The monoisotopic (exact) mass is 391 g/mol. The quantitative estimate of drug-likeness (QED) is 0.719. The molecule has 4 rings (SSSR count). The zero-order valence-corrected chi connectivity index (χ0v) is 17.0. The molecule has 1 fully saturated rings. The van der Waals surface area contributed by atoms with Crippen molar-refractivity contribution >= 4 is 17.4 Å². The highest BCUT2D eigenvalue weighted by molar-refractivity contribution is 5.92. The Morgan fingerprint density at radius 3 is 2.72 bits per heavy atom. The molecule has 0 bridgehead atoms. The minimum Gasteiger partial charge on any atom is -0.436 e. The molecule has 29 heavy (non-hydrogen) atoms. The second-order valence-electron chi connectivity index (χ2n) is 7.50. The van der Waals surface area contributed by atoms with Crippen LogP contribution in [0.25, 0.3) is 0 Å². The summed E-state index contributed by atoms with van der Waals surface area (Å²) in [6.07, 6.45) is 3.78. The van der Waals surface area contributed by atoms with Gasteiger partial charge < -0.3 is 14.6 Å². The van der Waals surface area contributed by atoms with Crippen LogP contribution in [0.4, 0.5) is 11.5 Å². The Bertz CT molecular complexity index is 1010. The molecule has 1 aliphatic rings. The van der Waals surface area contributed by atoms with Crippen LogP contribution in [0.15, 0.2) is 40.9 Å². The van der Waals surface area contributed by atoms with Crippen molar-refractivity contribution in [3.05, 3.63) is 65.3 Å². The van der Waals surface area contributed by atoms with Crippen molar-refractivity contribution in [2.75, 3.05) is 18.4 Å². The fourth-order valence-corrected chi connectivity index (χ4v) is 3.76. The van der Waals surface area contributed by atoms with Crippen LogP contribution in [0.1, 0.15) is 52.3 Å². The summed E-state index contributed by atoms with van der Waals surface area (Å²) in [5.74, 6) is 1.79. The Balaban J connectivity index is 1.44. The average Bonchev–Trinajstić information content (AvgIpc) is 3.06. The summed E-state index contributed by atoms with van der Waals surface area (Å²) in [5.41, 5.74) is 3.50. The second kappa shape index (κ2) is 8.03. The van der Waals surface area contributed by atoms with Gasteiger partial charge in [0.05, 0.1) is 17.6 Å². The molecule has 1 N–H and O–H groups in total. The van der Waals surface area contributed by atoms with Crippen LogP contribution in [0.3, 0.4) is 0 Å². The number of aromatic nitrogens is 3.